The molecule has 126 valence electrons. The number of nitriles is 1. The summed E-state index contributed by atoms with van der Waals surface area (Å²) >= 11 is 0. The van der Waals surface area contributed by atoms with Crippen molar-refractivity contribution in [1.82, 2.24) is 9.88 Å². The topological polar surface area (TPSA) is 78.6 Å². The van der Waals surface area contributed by atoms with Gasteiger partial charge in [-0.25, -0.2) is 0 Å². The number of hydrogen-bond acceptors (Lipinski definition) is 5. The summed E-state index contributed by atoms with van der Waals surface area (Å²) in [5, 5.41) is 12.8. The van der Waals surface area contributed by atoms with Crippen LogP contribution in [-0.4, -0.2) is 28.0 Å². The van der Waals surface area contributed by atoms with Gasteiger partial charge in [-0.15, -0.1) is 0 Å². The number of amides is 1. The van der Waals surface area contributed by atoms with Gasteiger partial charge >= 0.3 is 0 Å². The number of oxime groups is 1. The van der Waals surface area contributed by atoms with E-state index in [0.717, 1.165) is 11.3 Å². The van der Waals surface area contributed by atoms with Crippen molar-refractivity contribution in [3.05, 3.63) is 66.0 Å². The van der Waals surface area contributed by atoms with Gasteiger partial charge in [-0.1, -0.05) is 41.6 Å². The zero-order valence-electron chi connectivity index (χ0n) is 13.7. The van der Waals surface area contributed by atoms with Crippen LogP contribution in [-0.2, 0) is 16.2 Å². The van der Waals surface area contributed by atoms with E-state index in [1.54, 1.807) is 11.1 Å². The molecule has 1 atom stereocenters. The predicted octanol–water partition coefficient (Wildman–Crippen LogP) is 2.84. The highest BCUT2D eigenvalue weighted by Crippen LogP contribution is 2.27. The lowest BCUT2D eigenvalue weighted by Gasteiger charge is -2.20. The zero-order chi connectivity index (χ0) is 17.5. The van der Waals surface area contributed by atoms with Gasteiger partial charge in [0.15, 0.2) is 6.10 Å². The second kappa shape index (κ2) is 8.06. The molecule has 0 bridgehead atoms. The van der Waals surface area contributed by atoms with Crippen LogP contribution in [0.15, 0.2) is 59.9 Å². The van der Waals surface area contributed by atoms with Crippen LogP contribution in [0.4, 0.5) is 0 Å². The first-order chi connectivity index (χ1) is 12.3. The zero-order valence-corrected chi connectivity index (χ0v) is 13.7. The minimum atomic E-state index is -0.243. The highest BCUT2D eigenvalue weighted by atomic mass is 16.6. The minimum Gasteiger partial charge on any atom is -0.387 e. The van der Waals surface area contributed by atoms with Gasteiger partial charge in [0.25, 0.3) is 5.91 Å². The summed E-state index contributed by atoms with van der Waals surface area (Å²) in [6.45, 7) is 0.678. The average Bonchev–Trinajstić information content (AvgIpc) is 3.16. The van der Waals surface area contributed by atoms with Gasteiger partial charge in [-0.05, 0) is 17.7 Å². The lowest BCUT2D eigenvalue weighted by atomic mass is 10.0. The normalized spacial score (nSPS) is 15.8. The van der Waals surface area contributed by atoms with E-state index in [4.69, 9.17) is 10.1 Å². The largest absolute Gasteiger partial charge is 0.387 e. The third kappa shape index (κ3) is 4.21. The van der Waals surface area contributed by atoms with E-state index in [0.29, 0.717) is 25.2 Å². The van der Waals surface area contributed by atoms with Gasteiger partial charge in [0.2, 0.25) is 0 Å². The number of carbonyl (C=O) groups is 1. The van der Waals surface area contributed by atoms with Crippen molar-refractivity contribution >= 4 is 11.6 Å². The number of hydrogen-bond donors (Lipinski definition) is 0. The molecule has 0 spiro atoms. The second-order valence-corrected chi connectivity index (χ2v) is 5.70. The maximum Gasteiger partial charge on any atom is 0.272 e. The number of carbonyl (C=O) groups excluding carboxylic acids is 1. The Hall–Kier alpha value is -3.20. The Morgan fingerprint density at radius 1 is 1.24 bits per heavy atom. The standard InChI is InChI=1S/C19H18N4O2/c20-10-6-12-23(14-16-9-4-5-11-21-16)19(24)17-13-18(25-22-17)15-7-2-1-3-8-15/h1-5,7-9,11,18H,6,12-14H2/t18-/m0/s1. The quantitative estimate of drug-likeness (QED) is 0.814. The third-order valence-electron chi connectivity index (χ3n) is 3.95. The maximum atomic E-state index is 12.8. The summed E-state index contributed by atoms with van der Waals surface area (Å²) in [5.41, 5.74) is 2.14. The molecule has 2 heterocycles. The van der Waals surface area contributed by atoms with Crippen molar-refractivity contribution in [2.75, 3.05) is 6.54 Å². The van der Waals surface area contributed by atoms with Crippen molar-refractivity contribution in [2.24, 2.45) is 5.16 Å². The molecule has 1 amide bonds. The van der Waals surface area contributed by atoms with Gasteiger partial charge in [-0.3, -0.25) is 9.78 Å². The fourth-order valence-corrected chi connectivity index (χ4v) is 2.66. The molecule has 1 aromatic heterocycles. The first-order valence-electron chi connectivity index (χ1n) is 8.11. The summed E-state index contributed by atoms with van der Waals surface area (Å²) in [4.78, 5) is 24.1. The third-order valence-corrected chi connectivity index (χ3v) is 3.95. The molecule has 0 radical (unpaired) electrons. The van der Waals surface area contributed by atoms with E-state index in [9.17, 15) is 4.79 Å². The molecular weight excluding hydrogens is 316 g/mol. The van der Waals surface area contributed by atoms with Crippen LogP contribution in [0.2, 0.25) is 0 Å². The Kier molecular flexibility index (Phi) is 5.37. The molecule has 6 nitrogen and oxygen atoms in total. The summed E-state index contributed by atoms with van der Waals surface area (Å²) in [6, 6.07) is 17.3. The lowest BCUT2D eigenvalue weighted by Crippen LogP contribution is -2.36. The van der Waals surface area contributed by atoms with Crippen molar-refractivity contribution in [2.45, 2.75) is 25.5 Å². The maximum absolute atomic E-state index is 12.8. The Balaban J connectivity index is 1.69. The molecule has 0 aliphatic carbocycles. The van der Waals surface area contributed by atoms with E-state index in [-0.39, 0.29) is 18.4 Å². The fraction of sp³-hybridized carbons (Fsp3) is 0.263. The van der Waals surface area contributed by atoms with Crippen LogP contribution >= 0.6 is 0 Å². The van der Waals surface area contributed by atoms with Crippen molar-refractivity contribution in [3.8, 4) is 6.07 Å². The Labute approximate surface area is 146 Å². The highest BCUT2D eigenvalue weighted by Gasteiger charge is 2.30. The number of nitrogens with zero attached hydrogens (tertiary/aromatic N) is 4. The first-order valence-corrected chi connectivity index (χ1v) is 8.11. The van der Waals surface area contributed by atoms with E-state index in [1.807, 2.05) is 48.5 Å². The molecule has 3 rings (SSSR count). The molecule has 0 unspecified atom stereocenters. The van der Waals surface area contributed by atoms with Crippen LogP contribution in [0.5, 0.6) is 0 Å². The molecule has 0 fully saturated rings. The van der Waals surface area contributed by atoms with E-state index in [1.165, 1.54) is 0 Å². The summed E-state index contributed by atoms with van der Waals surface area (Å²) in [5.74, 6) is -0.209. The first kappa shape index (κ1) is 16.7. The Morgan fingerprint density at radius 2 is 2.04 bits per heavy atom. The molecule has 1 aromatic carbocycles. The van der Waals surface area contributed by atoms with Crippen LogP contribution in [0.1, 0.15) is 30.2 Å². The molecule has 1 aliphatic rings. The molecule has 0 saturated carbocycles. The molecule has 25 heavy (non-hydrogen) atoms. The molecule has 0 N–H and O–H groups in total. The molecular formula is C19H18N4O2. The average molecular weight is 334 g/mol. The number of pyridine rings is 1. The van der Waals surface area contributed by atoms with Crippen molar-refractivity contribution in [3.63, 3.8) is 0 Å². The minimum absolute atomic E-state index is 0.209. The number of aromatic nitrogens is 1. The van der Waals surface area contributed by atoms with Crippen LogP contribution in [0.3, 0.4) is 0 Å². The SMILES string of the molecule is N#CCCN(Cc1ccccn1)C(=O)C1=NO[C@H](c2ccccc2)C1. The Morgan fingerprint density at radius 3 is 2.76 bits per heavy atom. The molecule has 0 saturated heterocycles. The monoisotopic (exact) mass is 334 g/mol. The van der Waals surface area contributed by atoms with Gasteiger partial charge in [-0.2, -0.15) is 5.26 Å². The summed E-state index contributed by atoms with van der Waals surface area (Å²) in [6.07, 6.45) is 2.13. The lowest BCUT2D eigenvalue weighted by molar-refractivity contribution is -0.124. The van der Waals surface area contributed by atoms with E-state index >= 15 is 0 Å². The van der Waals surface area contributed by atoms with Gasteiger partial charge < -0.3 is 9.74 Å². The molecule has 1 aliphatic heterocycles. The van der Waals surface area contributed by atoms with E-state index in [2.05, 4.69) is 16.2 Å². The van der Waals surface area contributed by atoms with E-state index < -0.39 is 0 Å². The van der Waals surface area contributed by atoms with Crippen molar-refractivity contribution in [1.29, 1.82) is 5.26 Å². The smallest absolute Gasteiger partial charge is 0.272 e. The summed E-state index contributed by atoms with van der Waals surface area (Å²) in [7, 11) is 0. The van der Waals surface area contributed by atoms with Crippen LogP contribution < -0.4 is 0 Å². The summed E-state index contributed by atoms with van der Waals surface area (Å²) < 4.78 is 0. The molecule has 6 heteroatoms. The highest BCUT2D eigenvalue weighted by molar-refractivity contribution is 6.39. The number of benzene rings is 1. The number of rotatable bonds is 6. The van der Waals surface area contributed by atoms with Gasteiger partial charge in [0, 0.05) is 19.2 Å². The molecule has 2 aromatic rings. The van der Waals surface area contributed by atoms with Gasteiger partial charge in [0.1, 0.15) is 5.71 Å². The van der Waals surface area contributed by atoms with Crippen LogP contribution in [0.25, 0.3) is 0 Å². The Bertz CT molecular complexity index is 784. The second-order valence-electron chi connectivity index (χ2n) is 5.70. The predicted molar refractivity (Wildman–Crippen MR) is 92.2 cm³/mol. The van der Waals surface area contributed by atoms with Crippen LogP contribution in [0, 0.1) is 11.3 Å². The van der Waals surface area contributed by atoms with Gasteiger partial charge in [0.05, 0.1) is 24.7 Å². The van der Waals surface area contributed by atoms with Crippen molar-refractivity contribution < 1.29 is 9.63 Å². The fourth-order valence-electron chi connectivity index (χ4n) is 2.66.